The van der Waals surface area contributed by atoms with Gasteiger partial charge < -0.3 is 20.5 Å². The van der Waals surface area contributed by atoms with E-state index in [0.29, 0.717) is 6.54 Å². The summed E-state index contributed by atoms with van der Waals surface area (Å²) in [6, 6.07) is 7.39. The van der Waals surface area contributed by atoms with Gasteiger partial charge in [-0.1, -0.05) is 19.1 Å². The standard InChI is InChI=1S/C17H28N2O3/c1-6-14(11-18-16(21)22-17(3,4)5)19-12(2)13-8-7-9-15(20)10-13/h7-10,12,14,19-20H,6,11H2,1-5H3,(H,18,21). The third-order valence-electron chi connectivity index (χ3n) is 3.24. The first kappa shape index (κ1) is 18.3. The number of alkyl carbamates (subject to hydrolysis) is 1. The van der Waals surface area contributed by atoms with Crippen LogP contribution in [0.2, 0.25) is 0 Å². The van der Waals surface area contributed by atoms with Gasteiger partial charge in [-0.2, -0.15) is 0 Å². The number of phenolic OH excluding ortho intramolecular Hbond substituents is 1. The lowest BCUT2D eigenvalue weighted by atomic mass is 10.1. The highest BCUT2D eigenvalue weighted by Gasteiger charge is 2.18. The van der Waals surface area contributed by atoms with Gasteiger partial charge in [0.2, 0.25) is 0 Å². The molecule has 0 aliphatic carbocycles. The Morgan fingerprint density at radius 2 is 2.05 bits per heavy atom. The van der Waals surface area contributed by atoms with Crippen molar-refractivity contribution in [1.82, 2.24) is 10.6 Å². The topological polar surface area (TPSA) is 70.6 Å². The van der Waals surface area contributed by atoms with Crippen LogP contribution in [0.1, 0.15) is 52.6 Å². The Hall–Kier alpha value is -1.75. The molecule has 0 aromatic heterocycles. The molecular formula is C17H28N2O3. The minimum atomic E-state index is -0.492. The summed E-state index contributed by atoms with van der Waals surface area (Å²) in [4.78, 5) is 11.7. The number of ether oxygens (including phenoxy) is 1. The van der Waals surface area contributed by atoms with Crippen molar-refractivity contribution >= 4 is 6.09 Å². The molecule has 5 heteroatoms. The molecule has 1 amide bonds. The number of hydrogen-bond donors (Lipinski definition) is 3. The first-order valence-corrected chi connectivity index (χ1v) is 7.73. The first-order chi connectivity index (χ1) is 10.2. The largest absolute Gasteiger partial charge is 0.508 e. The summed E-state index contributed by atoms with van der Waals surface area (Å²) in [6.45, 7) is 10.1. The Bertz CT molecular complexity index is 483. The molecule has 0 heterocycles. The molecule has 0 spiro atoms. The van der Waals surface area contributed by atoms with Gasteiger partial charge in [0.15, 0.2) is 0 Å². The molecule has 1 aromatic carbocycles. The zero-order chi connectivity index (χ0) is 16.8. The summed E-state index contributed by atoms with van der Waals surface area (Å²) in [5.74, 6) is 0.256. The highest BCUT2D eigenvalue weighted by atomic mass is 16.6. The Kier molecular flexibility index (Phi) is 6.68. The van der Waals surface area contributed by atoms with E-state index in [9.17, 15) is 9.90 Å². The zero-order valence-corrected chi connectivity index (χ0v) is 14.1. The van der Waals surface area contributed by atoms with Gasteiger partial charge in [-0.15, -0.1) is 0 Å². The lowest BCUT2D eigenvalue weighted by molar-refractivity contribution is 0.0521. The van der Waals surface area contributed by atoms with Crippen LogP contribution in [0.25, 0.3) is 0 Å². The number of hydrogen-bond acceptors (Lipinski definition) is 4. The van der Waals surface area contributed by atoms with Crippen LogP contribution in [-0.2, 0) is 4.74 Å². The molecule has 0 aliphatic heterocycles. The van der Waals surface area contributed by atoms with Gasteiger partial charge >= 0.3 is 6.09 Å². The SMILES string of the molecule is CCC(CNC(=O)OC(C)(C)C)NC(C)c1cccc(O)c1. The van der Waals surface area contributed by atoms with E-state index < -0.39 is 11.7 Å². The monoisotopic (exact) mass is 308 g/mol. The van der Waals surface area contributed by atoms with E-state index in [4.69, 9.17) is 4.74 Å². The molecule has 0 bridgehead atoms. The van der Waals surface area contributed by atoms with Crippen LogP contribution >= 0.6 is 0 Å². The van der Waals surface area contributed by atoms with Crippen molar-refractivity contribution in [2.45, 2.75) is 58.7 Å². The molecule has 5 nitrogen and oxygen atoms in total. The molecule has 0 saturated carbocycles. The van der Waals surface area contributed by atoms with Crippen molar-refractivity contribution in [3.8, 4) is 5.75 Å². The minimum Gasteiger partial charge on any atom is -0.508 e. The zero-order valence-electron chi connectivity index (χ0n) is 14.1. The second-order valence-corrected chi connectivity index (χ2v) is 6.47. The number of aromatic hydroxyl groups is 1. The van der Waals surface area contributed by atoms with Gasteiger partial charge in [0.05, 0.1) is 0 Å². The summed E-state index contributed by atoms with van der Waals surface area (Å²) >= 11 is 0. The van der Waals surface area contributed by atoms with E-state index in [1.165, 1.54) is 0 Å². The summed E-state index contributed by atoms with van der Waals surface area (Å²) in [7, 11) is 0. The van der Waals surface area contributed by atoms with Gasteiger partial charge in [-0.05, 0) is 51.8 Å². The Labute approximate surface area is 133 Å². The fraction of sp³-hybridized carbons (Fsp3) is 0.588. The summed E-state index contributed by atoms with van der Waals surface area (Å²) < 4.78 is 5.23. The van der Waals surface area contributed by atoms with Gasteiger partial charge in [0.25, 0.3) is 0 Å². The van der Waals surface area contributed by atoms with Crippen LogP contribution in [0, 0.1) is 0 Å². The molecule has 0 aliphatic rings. The average molecular weight is 308 g/mol. The van der Waals surface area contributed by atoms with E-state index in [-0.39, 0.29) is 17.8 Å². The smallest absolute Gasteiger partial charge is 0.407 e. The Morgan fingerprint density at radius 3 is 2.59 bits per heavy atom. The highest BCUT2D eigenvalue weighted by molar-refractivity contribution is 5.67. The predicted molar refractivity (Wildman–Crippen MR) is 88.0 cm³/mol. The third-order valence-corrected chi connectivity index (χ3v) is 3.24. The number of carbonyl (C=O) groups excluding carboxylic acids is 1. The second-order valence-electron chi connectivity index (χ2n) is 6.47. The number of carbonyl (C=O) groups is 1. The molecule has 0 radical (unpaired) electrons. The number of phenols is 1. The van der Waals surface area contributed by atoms with Gasteiger partial charge in [0, 0.05) is 18.6 Å². The maximum atomic E-state index is 11.7. The molecule has 22 heavy (non-hydrogen) atoms. The number of benzene rings is 1. The van der Waals surface area contributed by atoms with Crippen molar-refractivity contribution in [3.63, 3.8) is 0 Å². The number of amides is 1. The first-order valence-electron chi connectivity index (χ1n) is 7.73. The van der Waals surface area contributed by atoms with E-state index in [0.717, 1.165) is 12.0 Å². The van der Waals surface area contributed by atoms with Crippen LogP contribution in [-0.4, -0.2) is 29.4 Å². The van der Waals surface area contributed by atoms with E-state index in [1.54, 1.807) is 12.1 Å². The third kappa shape index (κ3) is 6.80. The van der Waals surface area contributed by atoms with E-state index in [2.05, 4.69) is 17.6 Å². The Balaban J connectivity index is 2.49. The molecular weight excluding hydrogens is 280 g/mol. The van der Waals surface area contributed by atoms with Crippen molar-refractivity contribution < 1.29 is 14.6 Å². The summed E-state index contributed by atoms with van der Waals surface area (Å²) in [5.41, 5.74) is 0.518. The fourth-order valence-corrected chi connectivity index (χ4v) is 2.09. The van der Waals surface area contributed by atoms with Crippen LogP contribution in [0.4, 0.5) is 4.79 Å². The van der Waals surface area contributed by atoms with Crippen molar-refractivity contribution in [2.75, 3.05) is 6.54 Å². The van der Waals surface area contributed by atoms with Crippen LogP contribution < -0.4 is 10.6 Å². The Morgan fingerprint density at radius 1 is 1.36 bits per heavy atom. The summed E-state index contributed by atoms with van der Waals surface area (Å²) in [6.07, 6.45) is 0.469. The lowest BCUT2D eigenvalue weighted by Crippen LogP contribution is -2.43. The minimum absolute atomic E-state index is 0.0810. The quantitative estimate of drug-likeness (QED) is 0.754. The van der Waals surface area contributed by atoms with E-state index in [1.807, 2.05) is 39.8 Å². The summed E-state index contributed by atoms with van der Waals surface area (Å²) in [5, 5.41) is 15.8. The fourth-order valence-electron chi connectivity index (χ4n) is 2.09. The maximum Gasteiger partial charge on any atom is 0.407 e. The van der Waals surface area contributed by atoms with Crippen molar-refractivity contribution in [1.29, 1.82) is 0 Å². The lowest BCUT2D eigenvalue weighted by Gasteiger charge is -2.24. The molecule has 0 saturated heterocycles. The molecule has 1 rings (SSSR count). The molecule has 124 valence electrons. The highest BCUT2D eigenvalue weighted by Crippen LogP contribution is 2.18. The molecule has 2 atom stereocenters. The molecule has 0 fully saturated rings. The normalized spacial score (nSPS) is 14.2. The molecule has 1 aromatic rings. The van der Waals surface area contributed by atoms with Gasteiger partial charge in [-0.3, -0.25) is 0 Å². The van der Waals surface area contributed by atoms with Crippen LogP contribution in [0.5, 0.6) is 5.75 Å². The van der Waals surface area contributed by atoms with Gasteiger partial charge in [0.1, 0.15) is 11.4 Å². The van der Waals surface area contributed by atoms with Gasteiger partial charge in [-0.25, -0.2) is 4.79 Å². The number of nitrogens with one attached hydrogen (secondary N) is 2. The van der Waals surface area contributed by atoms with Crippen LogP contribution in [0.15, 0.2) is 24.3 Å². The van der Waals surface area contributed by atoms with Crippen molar-refractivity contribution in [2.24, 2.45) is 0 Å². The predicted octanol–water partition coefficient (Wildman–Crippen LogP) is 3.35. The van der Waals surface area contributed by atoms with Crippen molar-refractivity contribution in [3.05, 3.63) is 29.8 Å². The molecule has 2 unspecified atom stereocenters. The number of rotatable bonds is 6. The second kappa shape index (κ2) is 8.03. The van der Waals surface area contributed by atoms with Crippen LogP contribution in [0.3, 0.4) is 0 Å². The average Bonchev–Trinajstić information content (AvgIpc) is 2.41. The molecule has 3 N–H and O–H groups in total. The van der Waals surface area contributed by atoms with E-state index >= 15 is 0 Å². The maximum absolute atomic E-state index is 11.7.